The number of nitrogens with zero attached hydrogens (tertiary/aromatic N) is 1. The van der Waals surface area contributed by atoms with Crippen molar-refractivity contribution < 1.29 is 18.0 Å². The highest BCUT2D eigenvalue weighted by Crippen LogP contribution is 2.16. The van der Waals surface area contributed by atoms with Gasteiger partial charge >= 0.3 is 5.69 Å². The van der Waals surface area contributed by atoms with Gasteiger partial charge in [-0.05, 0) is 24.3 Å². The quantitative estimate of drug-likeness (QED) is 0.400. The maximum absolute atomic E-state index is 12.9. The smallest absolute Gasteiger partial charge is 0.313 e. The molecule has 0 unspecified atom stereocenters. The summed E-state index contributed by atoms with van der Waals surface area (Å²) < 4.78 is 25.4. The highest BCUT2D eigenvalue weighted by Gasteiger charge is 2.28. The van der Waals surface area contributed by atoms with Gasteiger partial charge in [-0.25, -0.2) is 18.6 Å². The van der Waals surface area contributed by atoms with Crippen molar-refractivity contribution in [2.75, 3.05) is 0 Å². The Kier molecular flexibility index (Phi) is 6.34. The molecule has 0 atom stereocenters. The van der Waals surface area contributed by atoms with E-state index in [-0.39, 0.29) is 21.3 Å². The number of sulfonamides is 1. The van der Waals surface area contributed by atoms with Crippen LogP contribution in [0.15, 0.2) is 75.3 Å². The first-order valence-electron chi connectivity index (χ1n) is 8.48. The molecule has 0 aliphatic heterocycles. The highest BCUT2D eigenvalue weighted by molar-refractivity contribution is 7.89. The van der Waals surface area contributed by atoms with E-state index in [0.717, 1.165) is 0 Å². The summed E-state index contributed by atoms with van der Waals surface area (Å²) in [5, 5.41) is 0.281. The molecular weight excluding hydrogens is 450 g/mol. The third-order valence-electron chi connectivity index (χ3n) is 3.84. The molecule has 0 saturated heterocycles. The zero-order valence-electron chi connectivity index (χ0n) is 15.5. The summed E-state index contributed by atoms with van der Waals surface area (Å²) in [5.41, 5.74) is -0.0281. The Morgan fingerprint density at radius 2 is 1.61 bits per heavy atom. The molecule has 1 heterocycles. The number of amides is 2. The van der Waals surface area contributed by atoms with Crippen molar-refractivity contribution in [1.29, 1.82) is 0 Å². The lowest BCUT2D eigenvalue weighted by Crippen LogP contribution is -2.56. The molecule has 0 spiro atoms. The fourth-order valence-corrected chi connectivity index (χ4v) is 3.59. The Labute approximate surface area is 179 Å². The second kappa shape index (κ2) is 8.95. The van der Waals surface area contributed by atoms with Gasteiger partial charge in [0.25, 0.3) is 27.4 Å². The molecule has 0 bridgehead atoms. The van der Waals surface area contributed by atoms with Crippen LogP contribution < -0.4 is 21.5 Å². The van der Waals surface area contributed by atoms with Crippen LogP contribution in [0.2, 0.25) is 5.02 Å². The molecule has 11 nitrogen and oxygen atoms in total. The van der Waals surface area contributed by atoms with Crippen molar-refractivity contribution in [2.24, 2.45) is 0 Å². The van der Waals surface area contributed by atoms with Gasteiger partial charge in [0.15, 0.2) is 4.90 Å². The first-order valence-corrected chi connectivity index (χ1v) is 10.3. The summed E-state index contributed by atoms with van der Waals surface area (Å²) in [4.78, 5) is 53.2. The van der Waals surface area contributed by atoms with E-state index in [9.17, 15) is 27.6 Å². The third-order valence-corrected chi connectivity index (χ3v) is 5.48. The van der Waals surface area contributed by atoms with Crippen molar-refractivity contribution in [2.45, 2.75) is 4.90 Å². The number of rotatable bonds is 5. The Balaban J connectivity index is 1.99. The summed E-state index contributed by atoms with van der Waals surface area (Å²) in [6, 6.07) is 13.4. The van der Waals surface area contributed by atoms with Crippen LogP contribution in [0, 0.1) is 0 Å². The van der Waals surface area contributed by atoms with E-state index in [1.54, 1.807) is 29.2 Å². The Morgan fingerprint density at radius 3 is 2.26 bits per heavy atom. The van der Waals surface area contributed by atoms with E-state index in [4.69, 9.17) is 11.6 Å². The minimum absolute atomic E-state index is 0.00690. The van der Waals surface area contributed by atoms with Crippen LogP contribution in [0.25, 0.3) is 0 Å². The van der Waals surface area contributed by atoms with Gasteiger partial charge in [0, 0.05) is 11.8 Å². The fraction of sp³-hybridized carbons (Fsp3) is 0. The van der Waals surface area contributed by atoms with Gasteiger partial charge in [-0.3, -0.25) is 19.4 Å². The van der Waals surface area contributed by atoms with Gasteiger partial charge in [-0.1, -0.05) is 46.8 Å². The molecule has 160 valence electrons. The van der Waals surface area contributed by atoms with Crippen LogP contribution in [0.3, 0.4) is 0 Å². The molecule has 2 aromatic carbocycles. The highest BCUT2D eigenvalue weighted by atomic mass is 35.5. The lowest BCUT2D eigenvalue weighted by molar-refractivity contribution is 0.0533. The van der Waals surface area contributed by atoms with Gasteiger partial charge in [-0.2, -0.15) is 5.12 Å². The number of halogens is 1. The average Bonchev–Trinajstić information content (AvgIpc) is 2.73. The van der Waals surface area contributed by atoms with E-state index < -0.39 is 38.0 Å². The van der Waals surface area contributed by atoms with Crippen molar-refractivity contribution in [3.63, 3.8) is 0 Å². The minimum Gasteiger partial charge on any atom is -0.313 e. The van der Waals surface area contributed by atoms with E-state index in [1.165, 1.54) is 30.3 Å². The minimum atomic E-state index is -4.72. The van der Waals surface area contributed by atoms with Crippen molar-refractivity contribution in [3.8, 4) is 0 Å². The summed E-state index contributed by atoms with van der Waals surface area (Å²) in [7, 11) is -4.72. The molecule has 0 saturated carbocycles. The molecule has 3 rings (SSSR count). The zero-order valence-corrected chi connectivity index (χ0v) is 17.0. The largest absolute Gasteiger partial charge is 0.325 e. The number of benzene rings is 2. The molecule has 3 aromatic rings. The van der Waals surface area contributed by atoms with Crippen LogP contribution in [-0.4, -0.2) is 35.3 Å². The third kappa shape index (κ3) is 5.06. The SMILES string of the molecule is O=C(NN(NS(=O)(=O)c1c[nH]c(=O)[nH]c1=O)C(=O)c1ccccc1Cl)c1ccccc1. The summed E-state index contributed by atoms with van der Waals surface area (Å²) in [6.07, 6.45) is 0.653. The number of aromatic amines is 2. The molecule has 1 aromatic heterocycles. The normalized spacial score (nSPS) is 11.0. The van der Waals surface area contributed by atoms with E-state index in [2.05, 4.69) is 5.43 Å². The van der Waals surface area contributed by atoms with Crippen LogP contribution in [0.5, 0.6) is 0 Å². The van der Waals surface area contributed by atoms with Crippen molar-refractivity contribution >= 4 is 33.4 Å². The van der Waals surface area contributed by atoms with Gasteiger partial charge in [0.2, 0.25) is 0 Å². The standard InChI is InChI=1S/C18H14ClN5O6S/c19-13-9-5-4-8-12(13)17(27)24(22-15(25)11-6-2-1-3-7-11)23-31(29,30)14-10-20-18(28)21-16(14)26/h1-10,23H,(H,22,25)(H2,20,21,26,28). The van der Waals surface area contributed by atoms with Crippen LogP contribution in [0.1, 0.15) is 20.7 Å². The van der Waals surface area contributed by atoms with Gasteiger partial charge in [-0.15, -0.1) is 0 Å². The fourth-order valence-electron chi connectivity index (χ4n) is 2.39. The number of hydrogen-bond donors (Lipinski definition) is 4. The van der Waals surface area contributed by atoms with Crippen molar-refractivity contribution in [1.82, 2.24) is 25.3 Å². The Hall–Kier alpha value is -3.74. The second-order valence-electron chi connectivity index (χ2n) is 5.96. The topological polar surface area (TPSA) is 161 Å². The van der Waals surface area contributed by atoms with Crippen LogP contribution >= 0.6 is 11.6 Å². The Morgan fingerprint density at radius 1 is 0.968 bits per heavy atom. The molecular formula is C18H14ClN5O6S. The number of hydrazine groups is 2. The monoisotopic (exact) mass is 463 g/mol. The maximum atomic E-state index is 12.9. The van der Waals surface area contributed by atoms with Gasteiger partial charge in [0.05, 0.1) is 10.6 Å². The number of aromatic nitrogens is 2. The maximum Gasteiger partial charge on any atom is 0.325 e. The van der Waals surface area contributed by atoms with Gasteiger partial charge < -0.3 is 4.98 Å². The summed E-state index contributed by atoms with van der Waals surface area (Å²) >= 11 is 6.02. The van der Waals surface area contributed by atoms with E-state index >= 15 is 0 Å². The lowest BCUT2D eigenvalue weighted by atomic mass is 10.2. The second-order valence-corrected chi connectivity index (χ2v) is 7.99. The average molecular weight is 464 g/mol. The van der Waals surface area contributed by atoms with E-state index in [0.29, 0.717) is 6.20 Å². The summed E-state index contributed by atoms with van der Waals surface area (Å²) in [6.45, 7) is 0. The molecule has 0 radical (unpaired) electrons. The van der Waals surface area contributed by atoms with E-state index in [1.807, 2.05) is 9.82 Å². The van der Waals surface area contributed by atoms with Crippen molar-refractivity contribution in [3.05, 3.63) is 97.8 Å². The molecule has 0 aliphatic rings. The number of carbonyl (C=O) groups is 2. The van der Waals surface area contributed by atoms with Crippen LogP contribution in [0.4, 0.5) is 0 Å². The molecule has 13 heteroatoms. The summed E-state index contributed by atoms with van der Waals surface area (Å²) in [5.74, 6) is -1.85. The zero-order chi connectivity index (χ0) is 22.6. The first-order chi connectivity index (χ1) is 14.7. The molecule has 4 N–H and O–H groups in total. The molecule has 0 fully saturated rings. The molecule has 0 aliphatic carbocycles. The lowest BCUT2D eigenvalue weighted by Gasteiger charge is -2.23. The first kappa shape index (κ1) is 22.0. The molecule has 2 amide bonds. The number of hydrogen-bond acceptors (Lipinski definition) is 6. The Bertz CT molecular complexity index is 1350. The molecule has 31 heavy (non-hydrogen) atoms. The number of nitrogens with one attached hydrogen (secondary N) is 4. The number of H-pyrrole nitrogens is 2. The van der Waals surface area contributed by atoms with Gasteiger partial charge in [0.1, 0.15) is 0 Å². The predicted octanol–water partition coefficient (Wildman–Crippen LogP) is 0.397. The predicted molar refractivity (Wildman–Crippen MR) is 110 cm³/mol. The van der Waals surface area contributed by atoms with Crippen LogP contribution in [-0.2, 0) is 10.0 Å². The number of carbonyl (C=O) groups excluding carboxylic acids is 2.